The maximum Gasteiger partial charge on any atom is 0.258 e. The number of hydrogen-bond acceptors (Lipinski definition) is 3. The molecule has 0 bridgehead atoms. The van der Waals surface area contributed by atoms with Crippen LogP contribution in [-0.2, 0) is 16.6 Å². The highest BCUT2D eigenvalue weighted by atomic mass is 35.5. The van der Waals surface area contributed by atoms with Crippen LogP contribution in [0.5, 0.6) is 0 Å². The Bertz CT molecular complexity index is 1290. The first-order valence-electron chi connectivity index (χ1n) is 9.41. The Morgan fingerprint density at radius 1 is 1.10 bits per heavy atom. The third-order valence-corrected chi connectivity index (χ3v) is 5.29. The van der Waals surface area contributed by atoms with E-state index in [0.29, 0.717) is 21.5 Å². The van der Waals surface area contributed by atoms with Crippen LogP contribution in [0, 0.1) is 0 Å². The zero-order valence-corrected chi connectivity index (χ0v) is 17.2. The number of H-pyrrole nitrogens is 1. The summed E-state index contributed by atoms with van der Waals surface area (Å²) in [5.41, 5.74) is 2.91. The quantitative estimate of drug-likeness (QED) is 0.472. The Hall–Kier alpha value is -2.89. The van der Waals surface area contributed by atoms with Crippen LogP contribution in [0.4, 0.5) is 0 Å². The van der Waals surface area contributed by atoms with Crippen molar-refractivity contribution in [1.29, 1.82) is 0 Å². The topological polar surface area (TPSA) is 64.1 Å². The minimum absolute atomic E-state index is 0.186. The lowest BCUT2D eigenvalue weighted by molar-refractivity contribution is -0.121. The Kier molecular flexibility index (Phi) is 5.03. The number of aromatic nitrogens is 2. The highest BCUT2D eigenvalue weighted by molar-refractivity contribution is 6.31. The van der Waals surface area contributed by atoms with Crippen LogP contribution < -0.4 is 5.56 Å². The molecule has 1 N–H and O–H groups in total. The fraction of sp³-hybridized carbons (Fsp3) is 0.217. The highest BCUT2D eigenvalue weighted by Crippen LogP contribution is 2.37. The molecule has 6 heteroatoms. The van der Waals surface area contributed by atoms with Gasteiger partial charge in [-0.2, -0.15) is 0 Å². The number of aldehydes is 1. The number of hydrogen-bond donors (Lipinski definition) is 1. The fourth-order valence-corrected chi connectivity index (χ4v) is 3.97. The molecule has 2 heterocycles. The molecule has 0 saturated carbocycles. The second-order valence-electron chi connectivity index (χ2n) is 7.34. The van der Waals surface area contributed by atoms with E-state index in [1.807, 2.05) is 44.3 Å². The van der Waals surface area contributed by atoms with Gasteiger partial charge in [-0.05, 0) is 60.5 Å². The second-order valence-corrected chi connectivity index (χ2v) is 7.77. The van der Waals surface area contributed by atoms with Crippen molar-refractivity contribution >= 4 is 39.6 Å². The van der Waals surface area contributed by atoms with Crippen molar-refractivity contribution in [3.63, 3.8) is 0 Å². The number of halogens is 1. The van der Waals surface area contributed by atoms with E-state index >= 15 is 0 Å². The average Bonchev–Trinajstić information content (AvgIpc) is 3.16. The first-order chi connectivity index (χ1) is 13.9. The van der Waals surface area contributed by atoms with Crippen LogP contribution in [0.3, 0.4) is 0 Å². The third kappa shape index (κ3) is 3.37. The Balaban J connectivity index is 2.14. The fourth-order valence-electron chi connectivity index (χ4n) is 3.80. The molecule has 2 aromatic carbocycles. The number of ether oxygens (including phenoxy) is 1. The number of aromatic amines is 1. The molecule has 0 aliphatic heterocycles. The molecule has 148 valence electrons. The zero-order valence-electron chi connectivity index (χ0n) is 16.4. The van der Waals surface area contributed by atoms with Crippen LogP contribution in [0.15, 0.2) is 53.5 Å². The minimum atomic E-state index is -0.884. The van der Waals surface area contributed by atoms with Crippen LogP contribution in [0.1, 0.15) is 25.6 Å². The molecule has 29 heavy (non-hydrogen) atoms. The standard InChI is InChI=1S/C23H21ClN2O3/c1-13(2)29-20(12-27)22-21(15-5-4-14-8-9-25-19(14)10-15)18-11-16(24)6-7-17(18)23(28)26(22)3/h4-13,20,25H,1-3H3. The monoisotopic (exact) mass is 408 g/mol. The van der Waals surface area contributed by atoms with Gasteiger partial charge in [0.15, 0.2) is 12.4 Å². The molecule has 0 spiro atoms. The Labute approximate surface area is 172 Å². The van der Waals surface area contributed by atoms with Crippen molar-refractivity contribution in [2.75, 3.05) is 0 Å². The first-order valence-corrected chi connectivity index (χ1v) is 9.79. The number of nitrogens with zero attached hydrogens (tertiary/aromatic N) is 1. The predicted octanol–water partition coefficient (Wildman–Crippen LogP) is 5.01. The van der Waals surface area contributed by atoms with E-state index in [9.17, 15) is 9.59 Å². The molecule has 1 unspecified atom stereocenters. The van der Waals surface area contributed by atoms with Crippen LogP contribution in [-0.4, -0.2) is 21.9 Å². The number of rotatable bonds is 5. The predicted molar refractivity (Wildman–Crippen MR) is 117 cm³/mol. The van der Waals surface area contributed by atoms with E-state index in [-0.39, 0.29) is 11.7 Å². The molecule has 0 radical (unpaired) electrons. The van der Waals surface area contributed by atoms with E-state index in [1.165, 1.54) is 4.57 Å². The molecule has 0 aliphatic carbocycles. The first kappa shape index (κ1) is 19.4. The summed E-state index contributed by atoms with van der Waals surface area (Å²) in [6, 6.07) is 13.2. The van der Waals surface area contributed by atoms with Gasteiger partial charge in [-0.1, -0.05) is 23.7 Å². The summed E-state index contributed by atoms with van der Waals surface area (Å²) in [5, 5.41) is 2.83. The van der Waals surface area contributed by atoms with Crippen molar-refractivity contribution in [2.24, 2.45) is 7.05 Å². The van der Waals surface area contributed by atoms with Gasteiger partial charge in [-0.25, -0.2) is 0 Å². The van der Waals surface area contributed by atoms with Gasteiger partial charge in [-0.3, -0.25) is 4.79 Å². The number of carbonyl (C=O) groups is 1. The summed E-state index contributed by atoms with van der Waals surface area (Å²) in [5.74, 6) is 0. The van der Waals surface area contributed by atoms with Gasteiger partial charge in [0.2, 0.25) is 0 Å². The van der Waals surface area contributed by atoms with E-state index in [4.69, 9.17) is 16.3 Å². The summed E-state index contributed by atoms with van der Waals surface area (Å²) in [6.45, 7) is 3.72. The average molecular weight is 409 g/mol. The van der Waals surface area contributed by atoms with Crippen molar-refractivity contribution in [3.8, 4) is 11.1 Å². The molecule has 0 aliphatic rings. The van der Waals surface area contributed by atoms with E-state index in [0.717, 1.165) is 28.3 Å². The summed E-state index contributed by atoms with van der Waals surface area (Å²) < 4.78 is 7.37. The van der Waals surface area contributed by atoms with Crippen LogP contribution in [0.25, 0.3) is 32.8 Å². The lowest BCUT2D eigenvalue weighted by atomic mass is 9.94. The molecule has 0 saturated heterocycles. The second kappa shape index (κ2) is 7.50. The number of nitrogens with one attached hydrogen (secondary N) is 1. The largest absolute Gasteiger partial charge is 0.362 e. The summed E-state index contributed by atoms with van der Waals surface area (Å²) in [4.78, 5) is 28.3. The lowest BCUT2D eigenvalue weighted by Gasteiger charge is -2.23. The maximum atomic E-state index is 13.1. The third-order valence-electron chi connectivity index (χ3n) is 5.06. The van der Waals surface area contributed by atoms with Crippen molar-refractivity contribution < 1.29 is 9.53 Å². The van der Waals surface area contributed by atoms with Crippen molar-refractivity contribution in [3.05, 3.63) is 69.7 Å². The smallest absolute Gasteiger partial charge is 0.258 e. The number of benzene rings is 2. The van der Waals surface area contributed by atoms with Gasteiger partial charge < -0.3 is 19.1 Å². The number of fused-ring (bicyclic) bond motifs is 2. The molecule has 2 aromatic heterocycles. The number of pyridine rings is 1. The lowest BCUT2D eigenvalue weighted by Crippen LogP contribution is -2.26. The summed E-state index contributed by atoms with van der Waals surface area (Å²) in [6.07, 6.45) is 1.54. The van der Waals surface area contributed by atoms with Gasteiger partial charge >= 0.3 is 0 Å². The van der Waals surface area contributed by atoms with Crippen LogP contribution in [0.2, 0.25) is 5.02 Å². The van der Waals surface area contributed by atoms with Gasteiger partial charge in [0.25, 0.3) is 5.56 Å². The van der Waals surface area contributed by atoms with Crippen LogP contribution >= 0.6 is 11.6 Å². The molecule has 1 atom stereocenters. The minimum Gasteiger partial charge on any atom is -0.362 e. The molecular weight excluding hydrogens is 388 g/mol. The van der Waals surface area contributed by atoms with E-state index in [1.54, 1.807) is 25.2 Å². The molecule has 4 aromatic rings. The normalized spacial score (nSPS) is 12.7. The SMILES string of the molecule is CC(C)OC(C=O)c1c(-c2ccc3cc[nH]c3c2)c2cc(Cl)ccc2c(=O)n1C. The summed E-state index contributed by atoms with van der Waals surface area (Å²) >= 11 is 6.28. The van der Waals surface area contributed by atoms with Crippen molar-refractivity contribution in [1.82, 2.24) is 9.55 Å². The van der Waals surface area contributed by atoms with E-state index in [2.05, 4.69) is 4.98 Å². The molecule has 5 nitrogen and oxygen atoms in total. The molecular formula is C23H21ClN2O3. The van der Waals surface area contributed by atoms with Gasteiger partial charge in [0.1, 0.15) is 0 Å². The van der Waals surface area contributed by atoms with Gasteiger partial charge in [-0.15, -0.1) is 0 Å². The van der Waals surface area contributed by atoms with E-state index < -0.39 is 6.10 Å². The maximum absolute atomic E-state index is 13.1. The Morgan fingerprint density at radius 3 is 2.62 bits per heavy atom. The number of carbonyl (C=O) groups excluding carboxylic acids is 1. The van der Waals surface area contributed by atoms with Gasteiger partial charge in [0, 0.05) is 34.7 Å². The highest BCUT2D eigenvalue weighted by Gasteiger charge is 2.25. The molecule has 0 fully saturated rings. The molecule has 0 amide bonds. The van der Waals surface area contributed by atoms with Crippen molar-refractivity contribution in [2.45, 2.75) is 26.1 Å². The molecule has 4 rings (SSSR count). The Morgan fingerprint density at radius 2 is 1.90 bits per heavy atom. The zero-order chi connectivity index (χ0) is 20.7. The van der Waals surface area contributed by atoms with Gasteiger partial charge in [0.05, 0.1) is 11.8 Å². The summed E-state index contributed by atoms with van der Waals surface area (Å²) in [7, 11) is 1.67.